The molecule has 0 fully saturated rings. The first-order chi connectivity index (χ1) is 10.2. The van der Waals surface area contributed by atoms with Gasteiger partial charge in [-0.3, -0.25) is 0 Å². The molecule has 3 aromatic rings. The van der Waals surface area contributed by atoms with Gasteiger partial charge in [-0.05, 0) is 30.0 Å². The topological polar surface area (TPSA) is 29.9 Å². The summed E-state index contributed by atoms with van der Waals surface area (Å²) in [7, 11) is 2.00. The highest BCUT2D eigenvalue weighted by Gasteiger charge is 2.20. The van der Waals surface area contributed by atoms with Crippen LogP contribution in [0.1, 0.15) is 22.3 Å². The Morgan fingerprint density at radius 3 is 2.76 bits per heavy atom. The highest BCUT2D eigenvalue weighted by Crippen LogP contribution is 2.33. The molecule has 0 amide bonds. The summed E-state index contributed by atoms with van der Waals surface area (Å²) in [5.74, 6) is 0.969. The molecule has 1 aromatic carbocycles. The zero-order chi connectivity index (χ0) is 14.8. The number of rotatable bonds is 4. The summed E-state index contributed by atoms with van der Waals surface area (Å²) in [5, 5.41) is 6.36. The molecule has 0 saturated carbocycles. The van der Waals surface area contributed by atoms with Crippen molar-refractivity contribution in [2.24, 2.45) is 7.05 Å². The highest BCUT2D eigenvalue weighted by molar-refractivity contribution is 7.10. The van der Waals surface area contributed by atoms with Crippen molar-refractivity contribution in [1.82, 2.24) is 9.55 Å². The second-order valence-electron chi connectivity index (χ2n) is 4.92. The van der Waals surface area contributed by atoms with Crippen molar-refractivity contribution >= 4 is 28.6 Å². The Labute approximate surface area is 133 Å². The molecule has 108 valence electrons. The minimum absolute atomic E-state index is 0.0106. The van der Waals surface area contributed by atoms with Crippen LogP contribution in [0.2, 0.25) is 5.02 Å². The summed E-state index contributed by atoms with van der Waals surface area (Å²) in [4.78, 5) is 5.70. The number of hydrogen-bond acceptors (Lipinski definition) is 3. The Balaban J connectivity index is 2.03. The van der Waals surface area contributed by atoms with E-state index in [0.29, 0.717) is 0 Å². The van der Waals surface area contributed by atoms with Gasteiger partial charge in [0.15, 0.2) is 0 Å². The third kappa shape index (κ3) is 2.82. The van der Waals surface area contributed by atoms with E-state index in [4.69, 9.17) is 11.6 Å². The molecular weight excluding hydrogens is 302 g/mol. The number of hydrogen-bond donors (Lipinski definition) is 1. The van der Waals surface area contributed by atoms with Crippen molar-refractivity contribution < 1.29 is 0 Å². The second kappa shape index (κ2) is 5.92. The summed E-state index contributed by atoms with van der Waals surface area (Å²) in [6.07, 6.45) is 3.77. The number of halogens is 1. The fourth-order valence-electron chi connectivity index (χ4n) is 2.33. The largest absolute Gasteiger partial charge is 0.369 e. The van der Waals surface area contributed by atoms with Gasteiger partial charge in [0.25, 0.3) is 0 Å². The predicted molar refractivity (Wildman–Crippen MR) is 89.2 cm³/mol. The van der Waals surface area contributed by atoms with Crippen LogP contribution in [0.3, 0.4) is 0 Å². The van der Waals surface area contributed by atoms with Gasteiger partial charge >= 0.3 is 0 Å². The molecule has 5 heteroatoms. The smallest absolute Gasteiger partial charge is 0.136 e. The molecule has 0 spiro atoms. The Kier molecular flexibility index (Phi) is 3.99. The van der Waals surface area contributed by atoms with Gasteiger partial charge < -0.3 is 9.88 Å². The molecule has 0 aliphatic heterocycles. The Morgan fingerprint density at radius 1 is 1.29 bits per heavy atom. The molecule has 3 nitrogen and oxygen atoms in total. The first-order valence-corrected chi connectivity index (χ1v) is 7.95. The molecule has 2 heterocycles. The van der Waals surface area contributed by atoms with Crippen molar-refractivity contribution in [2.75, 3.05) is 5.32 Å². The van der Waals surface area contributed by atoms with E-state index >= 15 is 0 Å². The van der Waals surface area contributed by atoms with Gasteiger partial charge in [-0.15, -0.1) is 11.3 Å². The maximum Gasteiger partial charge on any atom is 0.136 e. The van der Waals surface area contributed by atoms with Gasteiger partial charge in [-0.2, -0.15) is 0 Å². The van der Waals surface area contributed by atoms with Gasteiger partial charge in [-0.1, -0.05) is 29.8 Å². The molecule has 21 heavy (non-hydrogen) atoms. The zero-order valence-corrected chi connectivity index (χ0v) is 13.4. The number of imidazole rings is 1. The minimum Gasteiger partial charge on any atom is -0.369 e. The normalized spacial score (nSPS) is 12.3. The van der Waals surface area contributed by atoms with Gasteiger partial charge in [0.05, 0.1) is 10.7 Å². The summed E-state index contributed by atoms with van der Waals surface area (Å²) < 4.78 is 2.03. The second-order valence-corrected chi connectivity index (χ2v) is 6.31. The summed E-state index contributed by atoms with van der Waals surface area (Å²) in [6.45, 7) is 2.05. The number of nitrogens with zero attached hydrogens (tertiary/aromatic N) is 2. The molecule has 0 saturated heterocycles. The maximum absolute atomic E-state index is 6.35. The van der Waals surface area contributed by atoms with Gasteiger partial charge in [0.1, 0.15) is 11.9 Å². The lowest BCUT2D eigenvalue weighted by Crippen LogP contribution is -2.16. The van der Waals surface area contributed by atoms with Gasteiger partial charge in [-0.25, -0.2) is 4.98 Å². The summed E-state index contributed by atoms with van der Waals surface area (Å²) in [5.41, 5.74) is 2.08. The lowest BCUT2D eigenvalue weighted by molar-refractivity contribution is 0.756. The first-order valence-electron chi connectivity index (χ1n) is 6.69. The zero-order valence-electron chi connectivity index (χ0n) is 11.9. The van der Waals surface area contributed by atoms with Crippen molar-refractivity contribution in [3.8, 4) is 0 Å². The van der Waals surface area contributed by atoms with Crippen molar-refractivity contribution in [2.45, 2.75) is 13.0 Å². The van der Waals surface area contributed by atoms with Crippen molar-refractivity contribution in [3.63, 3.8) is 0 Å². The molecule has 0 aliphatic carbocycles. The van der Waals surface area contributed by atoms with Crippen LogP contribution < -0.4 is 5.32 Å². The molecule has 1 atom stereocenters. The van der Waals surface area contributed by atoms with E-state index in [1.54, 1.807) is 11.3 Å². The van der Waals surface area contributed by atoms with E-state index < -0.39 is 0 Å². The molecule has 0 bridgehead atoms. The molecule has 1 unspecified atom stereocenters. The van der Waals surface area contributed by atoms with Crippen LogP contribution in [0.5, 0.6) is 0 Å². The monoisotopic (exact) mass is 317 g/mol. The number of nitrogens with one attached hydrogen (secondary N) is 1. The van der Waals surface area contributed by atoms with Crippen LogP contribution >= 0.6 is 22.9 Å². The average Bonchev–Trinajstić information content (AvgIpc) is 3.11. The standard InChI is InChI=1S/C16H16ClN3S/c1-11-5-3-6-12(17)14(11)19-15(13-7-4-10-21-13)16-18-8-9-20(16)2/h3-10,15,19H,1-2H3. The summed E-state index contributed by atoms with van der Waals surface area (Å²) >= 11 is 8.06. The van der Waals surface area contributed by atoms with E-state index in [0.717, 1.165) is 22.1 Å². The third-order valence-electron chi connectivity index (χ3n) is 3.45. The van der Waals surface area contributed by atoms with Crippen LogP contribution in [0, 0.1) is 6.92 Å². The molecular formula is C16H16ClN3S. The number of aryl methyl sites for hydroxylation is 2. The SMILES string of the molecule is Cc1cccc(Cl)c1NC(c1cccs1)c1nccn1C. The predicted octanol–water partition coefficient (Wildman–Crippen LogP) is 4.64. The fraction of sp³-hybridized carbons (Fsp3) is 0.188. The van der Waals surface area contributed by atoms with Crippen LogP contribution in [0.4, 0.5) is 5.69 Å². The minimum atomic E-state index is -0.0106. The molecule has 3 rings (SSSR count). The Morgan fingerprint density at radius 2 is 2.14 bits per heavy atom. The molecule has 2 aromatic heterocycles. The number of para-hydroxylation sites is 1. The molecule has 1 N–H and O–H groups in total. The van der Waals surface area contributed by atoms with E-state index in [1.165, 1.54) is 4.88 Å². The summed E-state index contributed by atoms with van der Waals surface area (Å²) in [6, 6.07) is 10.1. The van der Waals surface area contributed by atoms with Crippen molar-refractivity contribution in [1.29, 1.82) is 0 Å². The number of anilines is 1. The van der Waals surface area contributed by atoms with E-state index in [2.05, 4.69) is 40.8 Å². The van der Waals surface area contributed by atoms with E-state index in [-0.39, 0.29) is 6.04 Å². The van der Waals surface area contributed by atoms with Gasteiger partial charge in [0, 0.05) is 24.3 Å². The van der Waals surface area contributed by atoms with Crippen molar-refractivity contribution in [3.05, 3.63) is 69.4 Å². The number of thiophene rings is 1. The molecule has 0 aliphatic rings. The van der Waals surface area contributed by atoms with Crippen LogP contribution in [-0.4, -0.2) is 9.55 Å². The lowest BCUT2D eigenvalue weighted by atomic mass is 10.1. The van der Waals surface area contributed by atoms with Crippen LogP contribution in [0.15, 0.2) is 48.1 Å². The third-order valence-corrected chi connectivity index (χ3v) is 4.71. The van der Waals surface area contributed by atoms with E-state index in [9.17, 15) is 0 Å². The Hall–Kier alpha value is -1.78. The number of aromatic nitrogens is 2. The first kappa shape index (κ1) is 14.2. The molecule has 0 radical (unpaired) electrons. The number of benzene rings is 1. The fourth-order valence-corrected chi connectivity index (χ4v) is 3.38. The highest BCUT2D eigenvalue weighted by atomic mass is 35.5. The average molecular weight is 318 g/mol. The van der Waals surface area contributed by atoms with E-state index in [1.807, 2.05) is 36.1 Å². The van der Waals surface area contributed by atoms with Crippen LogP contribution in [0.25, 0.3) is 0 Å². The maximum atomic E-state index is 6.35. The quantitative estimate of drug-likeness (QED) is 0.759. The lowest BCUT2D eigenvalue weighted by Gasteiger charge is -2.21. The Bertz CT molecular complexity index is 714. The van der Waals surface area contributed by atoms with Gasteiger partial charge in [0.2, 0.25) is 0 Å². The van der Waals surface area contributed by atoms with Crippen LogP contribution in [-0.2, 0) is 7.05 Å².